The topological polar surface area (TPSA) is 104 Å². The van der Waals surface area contributed by atoms with Crippen molar-refractivity contribution in [3.05, 3.63) is 23.3 Å². The first-order valence-corrected chi connectivity index (χ1v) is 11.6. The van der Waals surface area contributed by atoms with Crippen molar-refractivity contribution >= 4 is 11.8 Å². The van der Waals surface area contributed by atoms with Crippen LogP contribution in [0.2, 0.25) is 0 Å². The van der Waals surface area contributed by atoms with Crippen molar-refractivity contribution in [3.8, 4) is 0 Å². The Morgan fingerprint density at radius 3 is 2.52 bits per heavy atom. The molecule has 0 aliphatic heterocycles. The van der Waals surface area contributed by atoms with E-state index in [1.807, 2.05) is 39.8 Å². The minimum atomic E-state index is -1.38. The number of aliphatic hydroxyl groups excluding tert-OH is 2. The Morgan fingerprint density at radius 2 is 1.94 bits per heavy atom. The van der Waals surface area contributed by atoms with Crippen LogP contribution in [0.1, 0.15) is 54.4 Å². The first kappa shape index (κ1) is 22.7. The van der Waals surface area contributed by atoms with Gasteiger partial charge in [0, 0.05) is 35.0 Å². The monoisotopic (exact) mass is 432 g/mol. The van der Waals surface area contributed by atoms with Crippen molar-refractivity contribution in [2.75, 3.05) is 6.61 Å². The van der Waals surface area contributed by atoms with Gasteiger partial charge >= 0.3 is 5.97 Å². The van der Waals surface area contributed by atoms with Gasteiger partial charge in [-0.25, -0.2) is 0 Å². The van der Waals surface area contributed by atoms with E-state index in [1.54, 1.807) is 13.8 Å². The Bertz CT molecular complexity index is 871. The summed E-state index contributed by atoms with van der Waals surface area (Å²) in [5.74, 6) is -2.90. The normalized spacial score (nSPS) is 46.0. The van der Waals surface area contributed by atoms with Crippen molar-refractivity contribution in [1.29, 1.82) is 0 Å². The Labute approximate surface area is 184 Å². The molecule has 9 atom stereocenters. The molecule has 0 heterocycles. The Morgan fingerprint density at radius 1 is 1.29 bits per heavy atom. The van der Waals surface area contributed by atoms with Crippen LogP contribution in [0, 0.1) is 40.9 Å². The lowest BCUT2D eigenvalue weighted by atomic mass is 9.60. The molecule has 0 radical (unpaired) electrons. The highest BCUT2D eigenvalue weighted by molar-refractivity contribution is 5.99. The van der Waals surface area contributed by atoms with Crippen LogP contribution >= 0.6 is 0 Å². The number of allylic oxidation sites excluding steroid dienone is 1. The standard InChI is InChI=1S/C25H36O6/c1-7-12(2)22(29)31-25-20(23(25,5)6)18-10-15(11-26)9-16-17(8-13(3)19(16)27)24(18,30)14(4)21(25)28/h8,10,12,14,16-18,20-21,26,28,30H,7,9,11H2,1-6H3/t12-,14+,16+,17+,18-,20+,21+,24-,25+/m0/s1. The van der Waals surface area contributed by atoms with Crippen molar-refractivity contribution < 1.29 is 29.6 Å². The average molecular weight is 433 g/mol. The van der Waals surface area contributed by atoms with Gasteiger partial charge in [0.15, 0.2) is 5.78 Å². The van der Waals surface area contributed by atoms with Crippen LogP contribution in [0.4, 0.5) is 0 Å². The molecule has 4 rings (SSSR count). The van der Waals surface area contributed by atoms with Crippen LogP contribution in [-0.2, 0) is 14.3 Å². The molecule has 2 fully saturated rings. The highest BCUT2D eigenvalue weighted by Crippen LogP contribution is 2.76. The minimum absolute atomic E-state index is 0.00444. The average Bonchev–Trinajstić information content (AvgIpc) is 3.13. The first-order valence-electron chi connectivity index (χ1n) is 11.6. The van der Waals surface area contributed by atoms with Gasteiger partial charge in [-0.2, -0.15) is 0 Å². The fraction of sp³-hybridized carbons (Fsp3) is 0.760. The molecule has 0 aromatic heterocycles. The Balaban J connectivity index is 1.84. The van der Waals surface area contributed by atoms with Gasteiger partial charge in [0.05, 0.1) is 24.2 Å². The molecule has 6 nitrogen and oxygen atoms in total. The van der Waals surface area contributed by atoms with E-state index in [2.05, 4.69) is 0 Å². The van der Waals surface area contributed by atoms with Gasteiger partial charge in [0.25, 0.3) is 0 Å². The summed E-state index contributed by atoms with van der Waals surface area (Å²) >= 11 is 0. The van der Waals surface area contributed by atoms with Crippen molar-refractivity contribution in [2.24, 2.45) is 40.9 Å². The van der Waals surface area contributed by atoms with E-state index in [4.69, 9.17) is 4.74 Å². The third-order valence-electron chi connectivity index (χ3n) is 9.21. The largest absolute Gasteiger partial charge is 0.455 e. The molecular formula is C25H36O6. The number of esters is 1. The third-order valence-corrected chi connectivity index (χ3v) is 9.21. The van der Waals surface area contributed by atoms with Gasteiger partial charge in [0.2, 0.25) is 0 Å². The molecule has 0 aromatic rings. The smallest absolute Gasteiger partial charge is 0.309 e. The zero-order valence-corrected chi connectivity index (χ0v) is 19.4. The maximum Gasteiger partial charge on any atom is 0.309 e. The van der Waals surface area contributed by atoms with Gasteiger partial charge < -0.3 is 20.1 Å². The number of aliphatic hydroxyl groups is 3. The van der Waals surface area contributed by atoms with Crippen molar-refractivity contribution in [2.45, 2.75) is 71.7 Å². The summed E-state index contributed by atoms with van der Waals surface area (Å²) in [6.07, 6.45) is 3.73. The molecule has 2 saturated carbocycles. The highest BCUT2D eigenvalue weighted by Gasteiger charge is 2.86. The van der Waals surface area contributed by atoms with E-state index in [1.165, 1.54) is 0 Å². The maximum atomic E-state index is 12.9. The molecule has 0 bridgehead atoms. The summed E-state index contributed by atoms with van der Waals surface area (Å²) < 4.78 is 6.09. The second-order valence-corrected chi connectivity index (χ2v) is 10.9. The minimum Gasteiger partial charge on any atom is -0.455 e. The number of ether oxygens (including phenoxy) is 1. The summed E-state index contributed by atoms with van der Waals surface area (Å²) in [5, 5.41) is 33.8. The van der Waals surface area contributed by atoms with Crippen LogP contribution in [-0.4, -0.2) is 51.0 Å². The number of ketones is 1. The fourth-order valence-corrected chi connectivity index (χ4v) is 7.04. The lowest BCUT2D eigenvalue weighted by molar-refractivity contribution is -0.210. The zero-order chi connectivity index (χ0) is 23.1. The summed E-state index contributed by atoms with van der Waals surface area (Å²) in [5.41, 5.74) is -1.68. The molecule has 172 valence electrons. The number of carbonyl (C=O) groups excluding carboxylic acids is 2. The first-order chi connectivity index (χ1) is 14.4. The summed E-state index contributed by atoms with van der Waals surface area (Å²) in [6, 6.07) is 0. The highest BCUT2D eigenvalue weighted by atomic mass is 16.6. The quantitative estimate of drug-likeness (QED) is 0.466. The fourth-order valence-electron chi connectivity index (χ4n) is 7.04. The van der Waals surface area contributed by atoms with Gasteiger partial charge in [0.1, 0.15) is 5.60 Å². The molecule has 0 spiro atoms. The van der Waals surface area contributed by atoms with Crippen LogP contribution in [0.5, 0.6) is 0 Å². The third kappa shape index (κ3) is 2.67. The van der Waals surface area contributed by atoms with Crippen molar-refractivity contribution in [3.63, 3.8) is 0 Å². The van der Waals surface area contributed by atoms with Crippen LogP contribution in [0.3, 0.4) is 0 Å². The van der Waals surface area contributed by atoms with E-state index < -0.39 is 46.4 Å². The second kappa shape index (κ2) is 7.00. The zero-order valence-electron chi connectivity index (χ0n) is 19.4. The maximum absolute atomic E-state index is 12.9. The van der Waals surface area contributed by atoms with E-state index in [0.717, 1.165) is 5.57 Å². The van der Waals surface area contributed by atoms with Gasteiger partial charge in [-0.3, -0.25) is 9.59 Å². The molecule has 3 N–H and O–H groups in total. The predicted octanol–water partition coefficient (Wildman–Crippen LogP) is 2.41. The molecule has 31 heavy (non-hydrogen) atoms. The Kier molecular flexibility index (Phi) is 5.12. The molecule has 0 amide bonds. The molecule has 0 aromatic carbocycles. The summed E-state index contributed by atoms with van der Waals surface area (Å²) in [7, 11) is 0. The summed E-state index contributed by atoms with van der Waals surface area (Å²) in [4.78, 5) is 25.7. The molecule has 4 aliphatic rings. The molecule has 0 saturated heterocycles. The molecule has 6 heteroatoms. The van der Waals surface area contributed by atoms with Crippen LogP contribution in [0.15, 0.2) is 23.3 Å². The second-order valence-electron chi connectivity index (χ2n) is 10.9. The van der Waals surface area contributed by atoms with E-state index in [-0.39, 0.29) is 30.2 Å². The number of fused-ring (bicyclic) bond motifs is 5. The van der Waals surface area contributed by atoms with Gasteiger partial charge in [-0.1, -0.05) is 46.8 Å². The lowest BCUT2D eigenvalue weighted by Gasteiger charge is -2.51. The van der Waals surface area contributed by atoms with Crippen LogP contribution in [0.25, 0.3) is 0 Å². The van der Waals surface area contributed by atoms with Gasteiger partial charge in [-0.05, 0) is 30.9 Å². The van der Waals surface area contributed by atoms with Crippen LogP contribution < -0.4 is 0 Å². The van der Waals surface area contributed by atoms with E-state index >= 15 is 0 Å². The number of hydrogen-bond acceptors (Lipinski definition) is 6. The number of hydrogen-bond donors (Lipinski definition) is 3. The van der Waals surface area contributed by atoms with Gasteiger partial charge in [-0.15, -0.1) is 0 Å². The van der Waals surface area contributed by atoms with E-state index in [0.29, 0.717) is 18.4 Å². The molecule has 0 unspecified atom stereocenters. The SMILES string of the molecule is CC[C@H](C)C(=O)O[C@@]12[C@H](O)[C@@H](C)[C@]3(O)[C@@H]4C=C(C)C(=O)[C@@H]4CC(CO)=C[C@H]3[C@@H]1C2(C)C. The molecular weight excluding hydrogens is 396 g/mol. The lowest BCUT2D eigenvalue weighted by Crippen LogP contribution is -2.62. The predicted molar refractivity (Wildman–Crippen MR) is 115 cm³/mol. The number of carbonyl (C=O) groups is 2. The number of rotatable bonds is 4. The summed E-state index contributed by atoms with van der Waals surface area (Å²) in [6.45, 7) is 11.0. The van der Waals surface area contributed by atoms with E-state index in [9.17, 15) is 24.9 Å². The molecule has 4 aliphatic carbocycles. The Hall–Kier alpha value is -1.50. The number of Topliss-reactive ketones (excluding diaryl/α,β-unsaturated/α-hetero) is 1. The van der Waals surface area contributed by atoms with Crippen molar-refractivity contribution in [1.82, 2.24) is 0 Å².